The number of ether oxygens (including phenoxy) is 2. The summed E-state index contributed by atoms with van der Waals surface area (Å²) in [6, 6.07) is 0.307. The third-order valence-electron chi connectivity index (χ3n) is 4.47. The quantitative estimate of drug-likeness (QED) is 0.859. The molecule has 2 aromatic heterocycles. The fraction of sp³-hybridized carbons (Fsp3) is 0.643. The number of nitrogen functional groups attached to an aromatic ring is 1. The van der Waals surface area contributed by atoms with Gasteiger partial charge >= 0.3 is 0 Å². The largest absolute Gasteiger partial charge is 0.382 e. The molecule has 2 atom stereocenters. The number of fused-ring (bicyclic) bond motifs is 1. The van der Waals surface area contributed by atoms with Crippen LogP contribution in [0.15, 0.2) is 12.7 Å². The predicted molar refractivity (Wildman–Crippen MR) is 76.5 cm³/mol. The van der Waals surface area contributed by atoms with Crippen molar-refractivity contribution >= 4 is 17.0 Å². The van der Waals surface area contributed by atoms with E-state index in [2.05, 4.69) is 19.5 Å². The zero-order chi connectivity index (χ0) is 14.7. The number of nitrogens with zero attached hydrogens (tertiary/aromatic N) is 4. The van der Waals surface area contributed by atoms with Gasteiger partial charge in [0.05, 0.1) is 18.5 Å². The molecule has 1 saturated carbocycles. The number of rotatable bonds is 1. The standard InChI is InChI=1S/C14H19N5O2/c1-13(2)20-6-14(21-13)4-3-9(5-14)19-8-18-10-11(15)16-7-17-12(10)19/h7-9H,3-6H2,1-2H3,(H2,15,16,17)/t9-,14-/m0/s1. The van der Waals surface area contributed by atoms with Gasteiger partial charge in [0.25, 0.3) is 0 Å². The van der Waals surface area contributed by atoms with E-state index in [9.17, 15) is 0 Å². The minimum Gasteiger partial charge on any atom is -0.382 e. The molecule has 0 unspecified atom stereocenters. The van der Waals surface area contributed by atoms with Crippen LogP contribution in [0.1, 0.15) is 39.2 Å². The van der Waals surface area contributed by atoms with E-state index in [4.69, 9.17) is 15.2 Å². The summed E-state index contributed by atoms with van der Waals surface area (Å²) in [5, 5.41) is 0. The molecular weight excluding hydrogens is 270 g/mol. The fourth-order valence-electron chi connectivity index (χ4n) is 3.55. The Morgan fingerprint density at radius 2 is 2.19 bits per heavy atom. The van der Waals surface area contributed by atoms with Gasteiger partial charge in [-0.15, -0.1) is 0 Å². The maximum Gasteiger partial charge on any atom is 0.165 e. The zero-order valence-corrected chi connectivity index (χ0v) is 12.2. The number of hydrogen-bond acceptors (Lipinski definition) is 6. The van der Waals surface area contributed by atoms with Gasteiger partial charge in [0, 0.05) is 6.04 Å². The average molecular weight is 289 g/mol. The molecule has 0 radical (unpaired) electrons. The van der Waals surface area contributed by atoms with E-state index in [0.717, 1.165) is 24.9 Å². The number of hydrogen-bond donors (Lipinski definition) is 1. The molecule has 0 aromatic carbocycles. The first-order valence-corrected chi connectivity index (χ1v) is 7.25. The maximum absolute atomic E-state index is 6.15. The summed E-state index contributed by atoms with van der Waals surface area (Å²) in [4.78, 5) is 12.7. The predicted octanol–water partition coefficient (Wildman–Crippen LogP) is 1.66. The molecule has 3 heterocycles. The minimum absolute atomic E-state index is 0.177. The molecular formula is C14H19N5O2. The van der Waals surface area contributed by atoms with Crippen LogP contribution in [0.4, 0.5) is 5.82 Å². The summed E-state index contributed by atoms with van der Waals surface area (Å²) in [6.45, 7) is 4.59. The van der Waals surface area contributed by atoms with Gasteiger partial charge in [0.1, 0.15) is 11.8 Å². The Labute approximate surface area is 122 Å². The smallest absolute Gasteiger partial charge is 0.165 e. The van der Waals surface area contributed by atoms with Crippen LogP contribution in [0, 0.1) is 0 Å². The molecule has 0 bridgehead atoms. The lowest BCUT2D eigenvalue weighted by Crippen LogP contribution is -2.31. The normalized spacial score (nSPS) is 31.4. The van der Waals surface area contributed by atoms with Crippen LogP contribution in [-0.2, 0) is 9.47 Å². The monoisotopic (exact) mass is 289 g/mol. The molecule has 0 amide bonds. The Bertz CT molecular complexity index is 698. The molecule has 21 heavy (non-hydrogen) atoms. The van der Waals surface area contributed by atoms with Crippen LogP contribution >= 0.6 is 0 Å². The minimum atomic E-state index is -0.488. The second-order valence-electron chi connectivity index (χ2n) is 6.45. The lowest BCUT2D eigenvalue weighted by molar-refractivity contribution is -0.159. The summed E-state index contributed by atoms with van der Waals surface area (Å²) in [7, 11) is 0. The van der Waals surface area contributed by atoms with E-state index in [1.165, 1.54) is 6.33 Å². The number of anilines is 1. The van der Waals surface area contributed by atoms with Crippen molar-refractivity contribution in [1.29, 1.82) is 0 Å². The van der Waals surface area contributed by atoms with Crippen LogP contribution in [-0.4, -0.2) is 37.5 Å². The highest BCUT2D eigenvalue weighted by Gasteiger charge is 2.50. The molecule has 1 spiro atoms. The molecule has 7 nitrogen and oxygen atoms in total. The number of aromatic nitrogens is 4. The van der Waals surface area contributed by atoms with Crippen molar-refractivity contribution in [3.05, 3.63) is 12.7 Å². The average Bonchev–Trinajstić information content (AvgIpc) is 3.08. The fourth-order valence-corrected chi connectivity index (χ4v) is 3.55. The van der Waals surface area contributed by atoms with Gasteiger partial charge in [-0.25, -0.2) is 15.0 Å². The molecule has 1 aliphatic carbocycles. The van der Waals surface area contributed by atoms with Crippen LogP contribution < -0.4 is 5.73 Å². The SMILES string of the molecule is CC1(C)OC[C@@]2(CC[C@H](n3cnc4c(N)ncnc43)C2)O1. The van der Waals surface area contributed by atoms with Crippen molar-refractivity contribution in [3.8, 4) is 0 Å². The first kappa shape index (κ1) is 13.0. The number of imidazole rings is 1. The van der Waals surface area contributed by atoms with Crippen LogP contribution in [0.25, 0.3) is 11.2 Å². The first-order chi connectivity index (χ1) is 9.98. The zero-order valence-electron chi connectivity index (χ0n) is 12.2. The highest BCUT2D eigenvalue weighted by Crippen LogP contribution is 2.47. The van der Waals surface area contributed by atoms with Gasteiger partial charge in [0.15, 0.2) is 17.3 Å². The van der Waals surface area contributed by atoms with E-state index in [-0.39, 0.29) is 5.60 Å². The summed E-state index contributed by atoms with van der Waals surface area (Å²) in [5.41, 5.74) is 7.13. The Balaban J connectivity index is 1.65. The van der Waals surface area contributed by atoms with Gasteiger partial charge in [-0.2, -0.15) is 0 Å². The van der Waals surface area contributed by atoms with Crippen molar-refractivity contribution in [1.82, 2.24) is 19.5 Å². The Kier molecular flexibility index (Phi) is 2.56. The maximum atomic E-state index is 6.15. The van der Waals surface area contributed by atoms with E-state index in [1.54, 1.807) is 6.33 Å². The topological polar surface area (TPSA) is 88.1 Å². The van der Waals surface area contributed by atoms with Crippen molar-refractivity contribution < 1.29 is 9.47 Å². The van der Waals surface area contributed by atoms with Crippen LogP contribution in [0.2, 0.25) is 0 Å². The Morgan fingerprint density at radius 1 is 1.33 bits per heavy atom. The molecule has 2 aromatic rings. The molecule has 2 fully saturated rings. The third-order valence-corrected chi connectivity index (χ3v) is 4.47. The van der Waals surface area contributed by atoms with Crippen molar-refractivity contribution in [2.24, 2.45) is 0 Å². The molecule has 7 heteroatoms. The van der Waals surface area contributed by atoms with Gasteiger partial charge < -0.3 is 19.8 Å². The summed E-state index contributed by atoms with van der Waals surface area (Å²) in [6.07, 6.45) is 6.21. The van der Waals surface area contributed by atoms with Crippen LogP contribution in [0.5, 0.6) is 0 Å². The molecule has 2 N–H and O–H groups in total. The van der Waals surface area contributed by atoms with Gasteiger partial charge in [0.2, 0.25) is 0 Å². The molecule has 2 aliphatic rings. The van der Waals surface area contributed by atoms with Gasteiger partial charge in [-0.1, -0.05) is 0 Å². The Morgan fingerprint density at radius 3 is 2.95 bits per heavy atom. The first-order valence-electron chi connectivity index (χ1n) is 7.25. The van der Waals surface area contributed by atoms with Crippen molar-refractivity contribution in [2.45, 2.75) is 50.5 Å². The second-order valence-corrected chi connectivity index (χ2v) is 6.45. The van der Waals surface area contributed by atoms with Crippen molar-refractivity contribution in [2.75, 3.05) is 12.3 Å². The molecule has 1 aliphatic heterocycles. The lowest BCUT2D eigenvalue weighted by Gasteiger charge is -2.24. The molecule has 4 rings (SSSR count). The summed E-state index contributed by atoms with van der Waals surface area (Å²) < 4.78 is 14.0. The van der Waals surface area contributed by atoms with E-state index < -0.39 is 5.79 Å². The highest BCUT2D eigenvalue weighted by molar-refractivity contribution is 5.81. The Hall–Kier alpha value is -1.73. The molecule has 112 valence electrons. The molecule has 1 saturated heterocycles. The lowest BCUT2D eigenvalue weighted by atomic mass is 10.0. The van der Waals surface area contributed by atoms with E-state index >= 15 is 0 Å². The highest BCUT2D eigenvalue weighted by atomic mass is 16.8. The van der Waals surface area contributed by atoms with Crippen LogP contribution in [0.3, 0.4) is 0 Å². The van der Waals surface area contributed by atoms with Crippen molar-refractivity contribution in [3.63, 3.8) is 0 Å². The van der Waals surface area contributed by atoms with Gasteiger partial charge in [-0.05, 0) is 33.1 Å². The summed E-state index contributed by atoms with van der Waals surface area (Å²) >= 11 is 0. The van der Waals surface area contributed by atoms with Gasteiger partial charge in [-0.3, -0.25) is 0 Å². The number of nitrogens with two attached hydrogens (primary N) is 1. The van der Waals surface area contributed by atoms with E-state index in [0.29, 0.717) is 24.0 Å². The second kappa shape index (κ2) is 4.14. The van der Waals surface area contributed by atoms with E-state index in [1.807, 2.05) is 13.8 Å². The summed E-state index contributed by atoms with van der Waals surface area (Å²) in [5.74, 6) is -0.0635. The third kappa shape index (κ3) is 1.99.